The van der Waals surface area contributed by atoms with Crippen molar-refractivity contribution < 1.29 is 4.79 Å². The lowest BCUT2D eigenvalue weighted by Gasteiger charge is -2.14. The first-order chi connectivity index (χ1) is 9.99. The van der Waals surface area contributed by atoms with Gasteiger partial charge in [0.1, 0.15) is 0 Å². The summed E-state index contributed by atoms with van der Waals surface area (Å²) in [5.41, 5.74) is 4.08. The highest BCUT2D eigenvalue weighted by Gasteiger charge is 2.15. The minimum atomic E-state index is -0.274. The fraction of sp³-hybridized carbons (Fsp3) is 0.375. The summed E-state index contributed by atoms with van der Waals surface area (Å²) in [6.45, 7) is 6.51. The molecule has 5 heteroatoms. The molecule has 21 heavy (non-hydrogen) atoms. The number of carbonyl (C=O) groups excluding carboxylic acids is 1. The largest absolute Gasteiger partial charge is 0.325 e. The van der Waals surface area contributed by atoms with Gasteiger partial charge in [0.15, 0.2) is 0 Å². The summed E-state index contributed by atoms with van der Waals surface area (Å²) in [7, 11) is 1.93. The van der Waals surface area contributed by atoms with Crippen LogP contribution < -0.4 is 10.6 Å². The number of amides is 1. The zero-order chi connectivity index (χ0) is 15.4. The first kappa shape index (κ1) is 15.3. The second-order valence-corrected chi connectivity index (χ2v) is 5.23. The Balaban J connectivity index is 1.92. The molecule has 0 aliphatic heterocycles. The highest BCUT2D eigenvalue weighted by molar-refractivity contribution is 5.94. The van der Waals surface area contributed by atoms with Gasteiger partial charge in [-0.05, 0) is 32.9 Å². The average Bonchev–Trinajstić information content (AvgIpc) is 2.71. The van der Waals surface area contributed by atoms with E-state index in [1.165, 1.54) is 0 Å². The molecule has 1 aromatic carbocycles. The molecule has 1 amide bonds. The van der Waals surface area contributed by atoms with Gasteiger partial charge >= 0.3 is 0 Å². The van der Waals surface area contributed by atoms with Gasteiger partial charge in [0.2, 0.25) is 5.91 Å². The molecule has 0 fully saturated rings. The van der Waals surface area contributed by atoms with Crippen LogP contribution in [0.2, 0.25) is 0 Å². The van der Waals surface area contributed by atoms with Crippen molar-refractivity contribution in [3.63, 3.8) is 0 Å². The Morgan fingerprint density at radius 3 is 2.52 bits per heavy atom. The van der Waals surface area contributed by atoms with E-state index in [-0.39, 0.29) is 11.9 Å². The SMILES string of the molecule is Cc1nn(C)c(C)c1CNC(C)C(=O)Nc1ccccc1. The van der Waals surface area contributed by atoms with Crippen molar-refractivity contribution in [3.8, 4) is 0 Å². The van der Waals surface area contributed by atoms with Crippen LogP contribution in [-0.4, -0.2) is 21.7 Å². The Labute approximate surface area is 125 Å². The van der Waals surface area contributed by atoms with Crippen molar-refractivity contribution in [2.45, 2.75) is 33.4 Å². The molecule has 112 valence electrons. The third-order valence-corrected chi connectivity index (χ3v) is 3.68. The first-order valence-electron chi connectivity index (χ1n) is 7.07. The fourth-order valence-electron chi connectivity index (χ4n) is 2.19. The second kappa shape index (κ2) is 6.54. The summed E-state index contributed by atoms with van der Waals surface area (Å²) < 4.78 is 1.86. The van der Waals surface area contributed by atoms with Crippen molar-refractivity contribution in [3.05, 3.63) is 47.3 Å². The predicted octanol–water partition coefficient (Wildman–Crippen LogP) is 2.15. The van der Waals surface area contributed by atoms with Crippen molar-refractivity contribution in [1.82, 2.24) is 15.1 Å². The maximum Gasteiger partial charge on any atom is 0.241 e. The number of hydrogen-bond acceptors (Lipinski definition) is 3. The van der Waals surface area contributed by atoms with E-state index in [9.17, 15) is 4.79 Å². The Kier molecular flexibility index (Phi) is 4.75. The van der Waals surface area contributed by atoms with Crippen LogP contribution in [0.1, 0.15) is 23.9 Å². The molecule has 0 saturated heterocycles. The molecule has 2 N–H and O–H groups in total. The number of anilines is 1. The zero-order valence-corrected chi connectivity index (χ0v) is 13.0. The third kappa shape index (κ3) is 3.70. The van der Waals surface area contributed by atoms with E-state index in [1.54, 1.807) is 0 Å². The van der Waals surface area contributed by atoms with Gasteiger partial charge in [-0.25, -0.2) is 0 Å². The van der Waals surface area contributed by atoms with E-state index >= 15 is 0 Å². The van der Waals surface area contributed by atoms with Crippen LogP contribution in [0, 0.1) is 13.8 Å². The van der Waals surface area contributed by atoms with Gasteiger partial charge in [-0.15, -0.1) is 0 Å². The monoisotopic (exact) mass is 286 g/mol. The second-order valence-electron chi connectivity index (χ2n) is 5.23. The number of aromatic nitrogens is 2. The Morgan fingerprint density at radius 1 is 1.29 bits per heavy atom. The molecule has 2 rings (SSSR count). The maximum absolute atomic E-state index is 12.1. The summed E-state index contributed by atoms with van der Waals surface area (Å²) in [6.07, 6.45) is 0. The van der Waals surface area contributed by atoms with Gasteiger partial charge in [0.25, 0.3) is 0 Å². The molecular weight excluding hydrogens is 264 g/mol. The zero-order valence-electron chi connectivity index (χ0n) is 13.0. The van der Waals surface area contributed by atoms with Crippen molar-refractivity contribution in [2.24, 2.45) is 7.05 Å². The van der Waals surface area contributed by atoms with Gasteiger partial charge in [0.05, 0.1) is 11.7 Å². The number of nitrogens with zero attached hydrogens (tertiary/aromatic N) is 2. The molecule has 0 bridgehead atoms. The number of nitrogens with one attached hydrogen (secondary N) is 2. The average molecular weight is 286 g/mol. The van der Waals surface area contributed by atoms with E-state index in [0.29, 0.717) is 6.54 Å². The van der Waals surface area contributed by atoms with Crippen LogP contribution in [-0.2, 0) is 18.4 Å². The van der Waals surface area contributed by atoms with Crippen LogP contribution in [0.3, 0.4) is 0 Å². The molecule has 1 heterocycles. The molecule has 0 aliphatic rings. The Bertz CT molecular complexity index is 619. The van der Waals surface area contributed by atoms with Crippen molar-refractivity contribution in [1.29, 1.82) is 0 Å². The molecule has 1 unspecified atom stereocenters. The molecule has 0 spiro atoms. The molecule has 0 saturated carbocycles. The number of hydrogen-bond donors (Lipinski definition) is 2. The summed E-state index contributed by atoms with van der Waals surface area (Å²) in [5.74, 6) is -0.0413. The highest BCUT2D eigenvalue weighted by atomic mass is 16.2. The molecule has 5 nitrogen and oxygen atoms in total. The van der Waals surface area contributed by atoms with Gasteiger partial charge in [-0.1, -0.05) is 18.2 Å². The fourth-order valence-corrected chi connectivity index (χ4v) is 2.19. The third-order valence-electron chi connectivity index (χ3n) is 3.68. The lowest BCUT2D eigenvalue weighted by atomic mass is 10.2. The topological polar surface area (TPSA) is 59.0 Å². The number of carbonyl (C=O) groups is 1. The van der Waals surface area contributed by atoms with E-state index < -0.39 is 0 Å². The predicted molar refractivity (Wildman–Crippen MR) is 84.1 cm³/mol. The smallest absolute Gasteiger partial charge is 0.241 e. The minimum absolute atomic E-state index is 0.0413. The number of aryl methyl sites for hydroxylation is 2. The van der Waals surface area contributed by atoms with Crippen LogP contribution in [0.15, 0.2) is 30.3 Å². The van der Waals surface area contributed by atoms with Crippen molar-refractivity contribution >= 4 is 11.6 Å². The summed E-state index contributed by atoms with van der Waals surface area (Å²) in [4.78, 5) is 12.1. The summed E-state index contributed by atoms with van der Waals surface area (Å²) in [5, 5.41) is 10.5. The van der Waals surface area contributed by atoms with E-state index in [2.05, 4.69) is 15.7 Å². The van der Waals surface area contributed by atoms with Crippen LogP contribution in [0.4, 0.5) is 5.69 Å². The highest BCUT2D eigenvalue weighted by Crippen LogP contribution is 2.12. The molecule has 0 aliphatic carbocycles. The lowest BCUT2D eigenvalue weighted by molar-refractivity contribution is -0.117. The number of benzene rings is 1. The van der Waals surface area contributed by atoms with Crippen molar-refractivity contribution in [2.75, 3.05) is 5.32 Å². The van der Waals surface area contributed by atoms with Gasteiger partial charge < -0.3 is 10.6 Å². The van der Waals surface area contributed by atoms with E-state index in [4.69, 9.17) is 0 Å². The van der Waals surface area contributed by atoms with E-state index in [0.717, 1.165) is 22.6 Å². The quantitative estimate of drug-likeness (QED) is 0.885. The number of para-hydroxylation sites is 1. The van der Waals surface area contributed by atoms with Gasteiger partial charge in [-0.2, -0.15) is 5.10 Å². The molecule has 2 aromatic rings. The first-order valence-corrected chi connectivity index (χ1v) is 7.07. The van der Waals surface area contributed by atoms with Crippen LogP contribution in [0.25, 0.3) is 0 Å². The summed E-state index contributed by atoms with van der Waals surface area (Å²) >= 11 is 0. The Morgan fingerprint density at radius 2 is 1.95 bits per heavy atom. The standard InChI is InChI=1S/C16H22N4O/c1-11-15(13(3)20(4)19-11)10-17-12(2)16(21)18-14-8-6-5-7-9-14/h5-9,12,17H,10H2,1-4H3,(H,18,21). The lowest BCUT2D eigenvalue weighted by Crippen LogP contribution is -2.37. The molecule has 1 atom stereocenters. The Hall–Kier alpha value is -2.14. The normalized spacial score (nSPS) is 12.2. The summed E-state index contributed by atoms with van der Waals surface area (Å²) in [6, 6.07) is 9.20. The maximum atomic E-state index is 12.1. The number of rotatable bonds is 5. The van der Waals surface area contributed by atoms with Gasteiger partial charge in [-0.3, -0.25) is 9.48 Å². The van der Waals surface area contributed by atoms with Crippen LogP contribution >= 0.6 is 0 Å². The van der Waals surface area contributed by atoms with E-state index in [1.807, 2.05) is 62.8 Å². The van der Waals surface area contributed by atoms with Gasteiger partial charge in [0, 0.05) is 30.5 Å². The molecule has 1 aromatic heterocycles. The van der Waals surface area contributed by atoms with Crippen LogP contribution in [0.5, 0.6) is 0 Å². The minimum Gasteiger partial charge on any atom is -0.325 e. The molecular formula is C16H22N4O. The molecule has 0 radical (unpaired) electrons.